The lowest BCUT2D eigenvalue weighted by molar-refractivity contribution is 0.191. The first-order valence-electron chi connectivity index (χ1n) is 6.07. The third kappa shape index (κ3) is 2.56. The Bertz CT molecular complexity index is 715. The second kappa shape index (κ2) is 5.44. The summed E-state index contributed by atoms with van der Waals surface area (Å²) >= 11 is 5.83. The Morgan fingerprint density at radius 2 is 2.05 bits per heavy atom. The van der Waals surface area contributed by atoms with Gasteiger partial charge in [-0.3, -0.25) is 0 Å². The van der Waals surface area contributed by atoms with Gasteiger partial charge in [0.15, 0.2) is 11.5 Å². The number of nitrogens with one attached hydrogen (secondary N) is 2. The molecule has 0 spiro atoms. The molecule has 102 valence electrons. The van der Waals surface area contributed by atoms with Gasteiger partial charge >= 0.3 is 0 Å². The van der Waals surface area contributed by atoms with Crippen LogP contribution < -0.4 is 5.32 Å². The zero-order valence-electron chi connectivity index (χ0n) is 10.4. The van der Waals surface area contributed by atoms with Gasteiger partial charge < -0.3 is 15.4 Å². The smallest absolute Gasteiger partial charge is 0.226 e. The predicted octanol–water partition coefficient (Wildman–Crippen LogP) is 2.15. The van der Waals surface area contributed by atoms with Crippen LogP contribution in [0.15, 0.2) is 36.7 Å². The molecular formula is C13H12ClN5O. The van der Waals surface area contributed by atoms with Crippen molar-refractivity contribution >= 4 is 28.6 Å². The van der Waals surface area contributed by atoms with Gasteiger partial charge in [-0.1, -0.05) is 30.3 Å². The summed E-state index contributed by atoms with van der Waals surface area (Å²) in [6, 6.07) is 9.40. The normalized spacial score (nSPS) is 12.5. The number of anilines is 1. The number of halogens is 1. The van der Waals surface area contributed by atoms with E-state index in [1.54, 1.807) is 0 Å². The minimum atomic E-state index is -0.636. The fourth-order valence-electron chi connectivity index (χ4n) is 1.92. The zero-order valence-corrected chi connectivity index (χ0v) is 11.2. The maximum Gasteiger partial charge on any atom is 0.226 e. The minimum absolute atomic E-state index is 0.112. The van der Waals surface area contributed by atoms with E-state index in [-0.39, 0.29) is 5.28 Å². The van der Waals surface area contributed by atoms with E-state index in [9.17, 15) is 5.11 Å². The van der Waals surface area contributed by atoms with Gasteiger partial charge in [0, 0.05) is 6.54 Å². The summed E-state index contributed by atoms with van der Waals surface area (Å²) in [5, 5.41) is 13.3. The topological polar surface area (TPSA) is 86.7 Å². The van der Waals surface area contributed by atoms with Gasteiger partial charge in [-0.05, 0) is 17.2 Å². The van der Waals surface area contributed by atoms with E-state index in [1.807, 2.05) is 30.3 Å². The minimum Gasteiger partial charge on any atom is -0.387 e. The van der Waals surface area contributed by atoms with Crippen molar-refractivity contribution in [1.29, 1.82) is 0 Å². The van der Waals surface area contributed by atoms with Crippen LogP contribution in [0.3, 0.4) is 0 Å². The van der Waals surface area contributed by atoms with Crippen LogP contribution in [-0.4, -0.2) is 31.6 Å². The fraction of sp³-hybridized carbons (Fsp3) is 0.154. The number of imidazole rings is 1. The second-order valence-corrected chi connectivity index (χ2v) is 4.59. The molecule has 0 radical (unpaired) electrons. The van der Waals surface area contributed by atoms with Crippen LogP contribution in [0.4, 0.5) is 5.82 Å². The maximum absolute atomic E-state index is 10.1. The predicted molar refractivity (Wildman–Crippen MR) is 76.6 cm³/mol. The molecule has 0 bridgehead atoms. The molecule has 1 aromatic carbocycles. The van der Waals surface area contributed by atoms with Crippen molar-refractivity contribution in [2.45, 2.75) is 6.10 Å². The van der Waals surface area contributed by atoms with E-state index >= 15 is 0 Å². The molecule has 2 heterocycles. The summed E-state index contributed by atoms with van der Waals surface area (Å²) < 4.78 is 0. The number of hydrogen-bond acceptors (Lipinski definition) is 5. The number of aliphatic hydroxyl groups is 1. The van der Waals surface area contributed by atoms with E-state index in [2.05, 4.69) is 25.3 Å². The molecule has 0 saturated carbocycles. The Balaban J connectivity index is 1.78. The van der Waals surface area contributed by atoms with Gasteiger partial charge in [0.1, 0.15) is 5.52 Å². The highest BCUT2D eigenvalue weighted by atomic mass is 35.5. The molecule has 3 aromatic rings. The molecular weight excluding hydrogens is 278 g/mol. The SMILES string of the molecule is OC(CNc1nc(Cl)nc2nc[nH]c12)c1ccccc1. The summed E-state index contributed by atoms with van der Waals surface area (Å²) in [6.07, 6.45) is 0.886. The lowest BCUT2D eigenvalue weighted by atomic mass is 10.1. The Hall–Kier alpha value is -2.18. The molecule has 7 heteroatoms. The van der Waals surface area contributed by atoms with Crippen molar-refractivity contribution in [2.75, 3.05) is 11.9 Å². The van der Waals surface area contributed by atoms with E-state index in [4.69, 9.17) is 11.6 Å². The lowest BCUT2D eigenvalue weighted by Crippen LogP contribution is -2.13. The average Bonchev–Trinajstić information content (AvgIpc) is 2.93. The summed E-state index contributed by atoms with van der Waals surface area (Å²) in [5.41, 5.74) is 1.98. The highest BCUT2D eigenvalue weighted by Crippen LogP contribution is 2.20. The highest BCUT2D eigenvalue weighted by molar-refractivity contribution is 6.28. The third-order valence-corrected chi connectivity index (χ3v) is 3.07. The number of hydrogen-bond donors (Lipinski definition) is 3. The van der Waals surface area contributed by atoms with Gasteiger partial charge in [0.05, 0.1) is 12.4 Å². The number of benzene rings is 1. The Morgan fingerprint density at radius 1 is 1.25 bits per heavy atom. The average molecular weight is 290 g/mol. The van der Waals surface area contributed by atoms with Crippen LogP contribution >= 0.6 is 11.6 Å². The van der Waals surface area contributed by atoms with Crippen LogP contribution in [0.25, 0.3) is 11.2 Å². The molecule has 1 atom stereocenters. The lowest BCUT2D eigenvalue weighted by Gasteiger charge is -2.12. The molecule has 0 saturated heterocycles. The van der Waals surface area contributed by atoms with Crippen LogP contribution in [0, 0.1) is 0 Å². The molecule has 0 amide bonds. The number of fused-ring (bicyclic) bond motifs is 1. The first-order chi connectivity index (χ1) is 9.74. The molecule has 0 aliphatic heterocycles. The Morgan fingerprint density at radius 3 is 2.85 bits per heavy atom. The molecule has 2 aromatic heterocycles. The maximum atomic E-state index is 10.1. The van der Waals surface area contributed by atoms with E-state index in [0.29, 0.717) is 23.5 Å². The van der Waals surface area contributed by atoms with Gasteiger partial charge in [0.2, 0.25) is 5.28 Å². The summed E-state index contributed by atoms with van der Waals surface area (Å²) in [6.45, 7) is 0.311. The molecule has 0 aliphatic rings. The largest absolute Gasteiger partial charge is 0.387 e. The van der Waals surface area contributed by atoms with E-state index in [0.717, 1.165) is 5.56 Å². The molecule has 3 rings (SSSR count). The number of H-pyrrole nitrogens is 1. The van der Waals surface area contributed by atoms with Crippen LogP contribution in [0.2, 0.25) is 5.28 Å². The van der Waals surface area contributed by atoms with Gasteiger partial charge in [0.25, 0.3) is 0 Å². The van der Waals surface area contributed by atoms with Crippen LogP contribution in [-0.2, 0) is 0 Å². The molecule has 0 fully saturated rings. The van der Waals surface area contributed by atoms with Crippen molar-refractivity contribution in [3.8, 4) is 0 Å². The third-order valence-electron chi connectivity index (χ3n) is 2.91. The van der Waals surface area contributed by atoms with Gasteiger partial charge in [-0.15, -0.1) is 0 Å². The van der Waals surface area contributed by atoms with Crippen LogP contribution in [0.1, 0.15) is 11.7 Å². The van der Waals surface area contributed by atoms with Crippen molar-refractivity contribution in [1.82, 2.24) is 19.9 Å². The zero-order chi connectivity index (χ0) is 13.9. The molecule has 1 unspecified atom stereocenters. The number of nitrogens with zero attached hydrogens (tertiary/aromatic N) is 3. The van der Waals surface area contributed by atoms with Crippen molar-refractivity contribution in [2.24, 2.45) is 0 Å². The second-order valence-electron chi connectivity index (χ2n) is 4.25. The molecule has 6 nitrogen and oxygen atoms in total. The van der Waals surface area contributed by atoms with E-state index in [1.165, 1.54) is 6.33 Å². The quantitative estimate of drug-likeness (QED) is 0.641. The first kappa shape index (κ1) is 12.8. The van der Waals surface area contributed by atoms with Crippen molar-refractivity contribution < 1.29 is 5.11 Å². The standard InChI is InChI=1S/C13H12ClN5O/c14-13-18-11(10-12(19-13)17-7-16-10)15-6-9(20)8-4-2-1-3-5-8/h1-5,7,9,20H,6H2,(H2,15,16,17,18,19). The Kier molecular flexibility index (Phi) is 3.49. The van der Waals surface area contributed by atoms with Gasteiger partial charge in [-0.25, -0.2) is 4.98 Å². The number of aromatic nitrogens is 4. The Labute approximate surface area is 119 Å². The van der Waals surface area contributed by atoms with Gasteiger partial charge in [-0.2, -0.15) is 9.97 Å². The molecule has 0 aliphatic carbocycles. The first-order valence-corrected chi connectivity index (χ1v) is 6.45. The summed E-state index contributed by atoms with van der Waals surface area (Å²) in [4.78, 5) is 15.1. The fourth-order valence-corrected chi connectivity index (χ4v) is 2.09. The monoisotopic (exact) mass is 289 g/mol. The molecule has 3 N–H and O–H groups in total. The van der Waals surface area contributed by atoms with E-state index < -0.39 is 6.10 Å². The number of rotatable bonds is 4. The van der Waals surface area contributed by atoms with Crippen molar-refractivity contribution in [3.05, 3.63) is 47.5 Å². The van der Waals surface area contributed by atoms with Crippen LogP contribution in [0.5, 0.6) is 0 Å². The van der Waals surface area contributed by atoms with Crippen molar-refractivity contribution in [3.63, 3.8) is 0 Å². The molecule has 20 heavy (non-hydrogen) atoms. The number of aromatic amines is 1. The summed E-state index contributed by atoms with van der Waals surface area (Å²) in [7, 11) is 0. The number of aliphatic hydroxyl groups excluding tert-OH is 1. The highest BCUT2D eigenvalue weighted by Gasteiger charge is 2.11. The summed E-state index contributed by atoms with van der Waals surface area (Å²) in [5.74, 6) is 0.521.